The van der Waals surface area contributed by atoms with Crippen molar-refractivity contribution in [1.82, 2.24) is 9.47 Å². The number of benzene rings is 1. The fourth-order valence-corrected chi connectivity index (χ4v) is 4.73. The molecule has 3 nitrogen and oxygen atoms in total. The number of hydrogen-bond acceptors (Lipinski definition) is 2. The summed E-state index contributed by atoms with van der Waals surface area (Å²) in [6, 6.07) is 14.9. The second-order valence-corrected chi connectivity index (χ2v) is 8.41. The van der Waals surface area contributed by atoms with E-state index in [-0.39, 0.29) is 11.7 Å². The van der Waals surface area contributed by atoms with Gasteiger partial charge in [-0.15, -0.1) is 11.3 Å². The zero-order valence-corrected chi connectivity index (χ0v) is 16.7. The Bertz CT molecular complexity index is 912. The first-order valence-corrected chi connectivity index (χ1v) is 10.8. The summed E-state index contributed by atoms with van der Waals surface area (Å²) in [7, 11) is 0. The number of aromatic nitrogens is 1. The van der Waals surface area contributed by atoms with E-state index in [1.54, 1.807) is 12.1 Å². The molecule has 146 valence electrons. The smallest absolute Gasteiger partial charge is 0.264 e. The number of carbonyl (C=O) groups is 1. The van der Waals surface area contributed by atoms with E-state index in [0.717, 1.165) is 29.0 Å². The molecule has 1 aliphatic rings. The number of hydrogen-bond donors (Lipinski definition) is 0. The van der Waals surface area contributed by atoms with Crippen molar-refractivity contribution in [2.24, 2.45) is 0 Å². The van der Waals surface area contributed by atoms with Gasteiger partial charge in [-0.3, -0.25) is 4.79 Å². The molecule has 2 heterocycles. The maximum absolute atomic E-state index is 13.6. The van der Waals surface area contributed by atoms with Crippen LogP contribution in [0.25, 0.3) is 0 Å². The van der Waals surface area contributed by atoms with Gasteiger partial charge in [0.2, 0.25) is 0 Å². The minimum absolute atomic E-state index is 0.125. The van der Waals surface area contributed by atoms with Gasteiger partial charge in [0.1, 0.15) is 5.82 Å². The van der Waals surface area contributed by atoms with Gasteiger partial charge in [0, 0.05) is 24.5 Å². The molecule has 2 aromatic heterocycles. The van der Waals surface area contributed by atoms with Crippen molar-refractivity contribution in [3.05, 3.63) is 82.1 Å². The Morgan fingerprint density at radius 3 is 2.71 bits per heavy atom. The van der Waals surface area contributed by atoms with E-state index < -0.39 is 0 Å². The van der Waals surface area contributed by atoms with Gasteiger partial charge in [-0.1, -0.05) is 37.5 Å². The van der Waals surface area contributed by atoms with Gasteiger partial charge in [0.25, 0.3) is 5.91 Å². The van der Waals surface area contributed by atoms with Crippen molar-refractivity contribution < 1.29 is 9.18 Å². The van der Waals surface area contributed by atoms with E-state index in [0.29, 0.717) is 19.1 Å². The van der Waals surface area contributed by atoms with Crippen molar-refractivity contribution in [3.8, 4) is 0 Å². The molecule has 28 heavy (non-hydrogen) atoms. The predicted octanol–water partition coefficient (Wildman–Crippen LogP) is 5.71. The third-order valence-corrected chi connectivity index (χ3v) is 6.36. The summed E-state index contributed by atoms with van der Waals surface area (Å²) in [5.74, 6) is -0.0942. The normalized spacial score (nSPS) is 14.9. The van der Waals surface area contributed by atoms with Crippen molar-refractivity contribution in [3.63, 3.8) is 0 Å². The Morgan fingerprint density at radius 2 is 1.96 bits per heavy atom. The molecule has 1 aliphatic carbocycles. The first-order valence-electron chi connectivity index (χ1n) is 9.93. The topological polar surface area (TPSA) is 25.2 Å². The molecular formula is C23H25FN2OS. The van der Waals surface area contributed by atoms with Crippen LogP contribution in [0.5, 0.6) is 0 Å². The Morgan fingerprint density at radius 1 is 1.11 bits per heavy atom. The van der Waals surface area contributed by atoms with Crippen LogP contribution in [0.4, 0.5) is 4.39 Å². The molecule has 0 aliphatic heterocycles. The number of carbonyl (C=O) groups excluding carboxylic acids is 1. The number of nitrogens with zero attached hydrogens (tertiary/aromatic N) is 2. The molecule has 0 atom stereocenters. The molecule has 0 bridgehead atoms. The summed E-state index contributed by atoms with van der Waals surface area (Å²) < 4.78 is 15.7. The van der Waals surface area contributed by atoms with E-state index in [9.17, 15) is 9.18 Å². The van der Waals surface area contributed by atoms with Gasteiger partial charge in [-0.25, -0.2) is 4.39 Å². The van der Waals surface area contributed by atoms with Gasteiger partial charge in [-0.2, -0.15) is 0 Å². The maximum atomic E-state index is 13.6. The van der Waals surface area contributed by atoms with Crippen LogP contribution in [0.3, 0.4) is 0 Å². The first-order chi connectivity index (χ1) is 13.7. The van der Waals surface area contributed by atoms with Crippen LogP contribution in [0, 0.1) is 5.82 Å². The molecule has 1 aromatic carbocycles. The molecule has 0 N–H and O–H groups in total. The second kappa shape index (κ2) is 8.74. The summed E-state index contributed by atoms with van der Waals surface area (Å²) >= 11 is 1.50. The monoisotopic (exact) mass is 396 g/mol. The minimum Gasteiger partial charge on any atom is -0.345 e. The van der Waals surface area contributed by atoms with E-state index in [4.69, 9.17) is 0 Å². The van der Waals surface area contributed by atoms with E-state index >= 15 is 0 Å². The summed E-state index contributed by atoms with van der Waals surface area (Å²) in [5, 5.41) is 1.96. The van der Waals surface area contributed by atoms with Gasteiger partial charge in [0.05, 0.1) is 11.4 Å². The maximum Gasteiger partial charge on any atom is 0.264 e. The summed E-state index contributed by atoms with van der Waals surface area (Å²) in [6.45, 7) is 1.19. The highest BCUT2D eigenvalue weighted by molar-refractivity contribution is 7.12. The SMILES string of the molecule is O=C(c1cccs1)N(Cc1cccn1Cc1cccc(F)c1)C1CCCCC1. The van der Waals surface area contributed by atoms with Crippen LogP contribution in [-0.2, 0) is 13.1 Å². The number of amides is 1. The minimum atomic E-state index is -0.220. The number of halogens is 1. The summed E-state index contributed by atoms with van der Waals surface area (Å²) in [4.78, 5) is 16.1. The van der Waals surface area contributed by atoms with Crippen molar-refractivity contribution in [2.45, 2.75) is 51.2 Å². The van der Waals surface area contributed by atoms with Crippen LogP contribution in [-0.4, -0.2) is 21.4 Å². The standard InChI is InChI=1S/C23H25FN2OS/c24-19-8-4-7-18(15-19)16-25-13-5-11-21(25)17-26(20-9-2-1-3-10-20)23(27)22-12-6-14-28-22/h4-8,11-15,20H,1-3,9-10,16-17H2. The molecule has 5 heteroatoms. The zero-order chi connectivity index (χ0) is 19.3. The fourth-order valence-electron chi connectivity index (χ4n) is 4.06. The van der Waals surface area contributed by atoms with Crippen LogP contribution in [0.2, 0.25) is 0 Å². The molecule has 0 radical (unpaired) electrons. The Labute approximate surface area is 169 Å². The lowest BCUT2D eigenvalue weighted by molar-refractivity contribution is 0.0614. The predicted molar refractivity (Wildman–Crippen MR) is 111 cm³/mol. The van der Waals surface area contributed by atoms with Gasteiger partial charge in [-0.05, 0) is 54.1 Å². The van der Waals surface area contributed by atoms with Gasteiger partial charge in [0.15, 0.2) is 0 Å². The molecule has 1 fully saturated rings. The van der Waals surface area contributed by atoms with Gasteiger partial charge >= 0.3 is 0 Å². The average Bonchev–Trinajstić information content (AvgIpc) is 3.39. The van der Waals surface area contributed by atoms with Crippen LogP contribution in [0.15, 0.2) is 60.1 Å². The number of thiophene rings is 1. The highest BCUT2D eigenvalue weighted by Gasteiger charge is 2.27. The molecule has 4 rings (SSSR count). The molecule has 0 saturated heterocycles. The highest BCUT2D eigenvalue weighted by Crippen LogP contribution is 2.27. The molecule has 1 saturated carbocycles. The van der Waals surface area contributed by atoms with E-state index in [1.807, 2.05) is 35.8 Å². The zero-order valence-electron chi connectivity index (χ0n) is 15.9. The van der Waals surface area contributed by atoms with Crippen molar-refractivity contribution in [1.29, 1.82) is 0 Å². The molecule has 3 aromatic rings. The third kappa shape index (κ3) is 4.36. The van der Waals surface area contributed by atoms with Crippen LogP contribution >= 0.6 is 11.3 Å². The lowest BCUT2D eigenvalue weighted by Crippen LogP contribution is -2.41. The lowest BCUT2D eigenvalue weighted by atomic mass is 9.94. The Kier molecular flexibility index (Phi) is 5.91. The molecule has 1 amide bonds. The van der Waals surface area contributed by atoms with Gasteiger partial charge < -0.3 is 9.47 Å². The summed E-state index contributed by atoms with van der Waals surface area (Å²) in [5.41, 5.74) is 2.01. The van der Waals surface area contributed by atoms with Crippen LogP contribution < -0.4 is 0 Å². The Balaban J connectivity index is 1.57. The van der Waals surface area contributed by atoms with Crippen molar-refractivity contribution in [2.75, 3.05) is 0 Å². The van der Waals surface area contributed by atoms with E-state index in [1.165, 1.54) is 36.7 Å². The van der Waals surface area contributed by atoms with E-state index in [2.05, 4.69) is 15.5 Å². The number of rotatable bonds is 6. The fraction of sp³-hybridized carbons (Fsp3) is 0.348. The van der Waals surface area contributed by atoms with Crippen molar-refractivity contribution >= 4 is 17.2 Å². The quantitative estimate of drug-likeness (QED) is 0.524. The first kappa shape index (κ1) is 18.9. The molecule has 0 unspecified atom stereocenters. The molecule has 0 spiro atoms. The lowest BCUT2D eigenvalue weighted by Gasteiger charge is -2.34. The second-order valence-electron chi connectivity index (χ2n) is 7.46. The Hall–Kier alpha value is -2.40. The molecular weight excluding hydrogens is 371 g/mol. The summed E-state index contributed by atoms with van der Waals surface area (Å²) in [6.07, 6.45) is 7.78. The highest BCUT2D eigenvalue weighted by atomic mass is 32.1. The van der Waals surface area contributed by atoms with Crippen LogP contribution in [0.1, 0.15) is 53.0 Å². The largest absolute Gasteiger partial charge is 0.345 e. The average molecular weight is 397 g/mol. The third-order valence-electron chi connectivity index (χ3n) is 5.51.